The number of carbonyl (C=O) groups is 1. The van der Waals surface area contributed by atoms with Crippen LogP contribution in [-0.2, 0) is 37.3 Å². The Kier molecular flexibility index (Phi) is 12.3. The van der Waals surface area contributed by atoms with Crippen LogP contribution in [0.2, 0.25) is 0 Å². The third kappa shape index (κ3) is 9.41. The molecule has 288 valence electrons. The van der Waals surface area contributed by atoms with Gasteiger partial charge in [-0.25, -0.2) is 8.42 Å². The van der Waals surface area contributed by atoms with Crippen molar-refractivity contribution in [1.29, 1.82) is 0 Å². The van der Waals surface area contributed by atoms with Crippen LogP contribution in [0.3, 0.4) is 0 Å². The van der Waals surface area contributed by atoms with Gasteiger partial charge in [0.1, 0.15) is 6.04 Å². The topological polar surface area (TPSA) is 158 Å². The Morgan fingerprint density at radius 2 is 1.57 bits per heavy atom. The molecule has 3 N–H and O–H groups in total. The molecule has 1 aliphatic heterocycles. The van der Waals surface area contributed by atoms with E-state index in [0.29, 0.717) is 22.2 Å². The van der Waals surface area contributed by atoms with Gasteiger partial charge in [-0.1, -0.05) is 121 Å². The fraction of sp³-hybridized carbons (Fsp3) is 0.238. The summed E-state index contributed by atoms with van der Waals surface area (Å²) in [5, 5.41) is 25.6. The molecular formula is C42H42N6O6S2. The summed E-state index contributed by atoms with van der Waals surface area (Å²) in [6, 6.07) is 39.1. The maximum absolute atomic E-state index is 13.9. The van der Waals surface area contributed by atoms with E-state index in [2.05, 4.69) is 32.5 Å². The molecule has 5 atom stereocenters. The Bertz CT molecular complexity index is 2330. The molecule has 1 fully saturated rings. The summed E-state index contributed by atoms with van der Waals surface area (Å²) in [5.74, 6) is -0.103. The van der Waals surface area contributed by atoms with Gasteiger partial charge in [-0.3, -0.25) is 4.79 Å². The van der Waals surface area contributed by atoms with Gasteiger partial charge in [0.05, 0.1) is 29.4 Å². The van der Waals surface area contributed by atoms with Gasteiger partial charge in [0.25, 0.3) is 0 Å². The Morgan fingerprint density at radius 1 is 0.857 bits per heavy atom. The van der Waals surface area contributed by atoms with Crippen LogP contribution in [0, 0.1) is 12.8 Å². The number of hydrogen-bond acceptors (Lipinski definition) is 10. The van der Waals surface area contributed by atoms with E-state index in [9.17, 15) is 18.3 Å². The van der Waals surface area contributed by atoms with Gasteiger partial charge in [0, 0.05) is 22.9 Å². The molecule has 0 unspecified atom stereocenters. The summed E-state index contributed by atoms with van der Waals surface area (Å²) in [6.07, 6.45) is -1.37. The highest BCUT2D eigenvalue weighted by Gasteiger charge is 2.39. The number of carbonyl (C=O) groups excluding carboxylic acids is 1. The van der Waals surface area contributed by atoms with E-state index in [1.165, 1.54) is 23.9 Å². The van der Waals surface area contributed by atoms with Gasteiger partial charge in [-0.2, -0.15) is 9.40 Å². The molecule has 0 radical (unpaired) electrons. The lowest BCUT2D eigenvalue weighted by Crippen LogP contribution is -2.45. The van der Waals surface area contributed by atoms with Crippen molar-refractivity contribution in [2.75, 3.05) is 11.1 Å². The zero-order valence-corrected chi connectivity index (χ0v) is 32.4. The number of sulfonamides is 1. The van der Waals surface area contributed by atoms with E-state index in [4.69, 9.17) is 9.47 Å². The lowest BCUT2D eigenvalue weighted by atomic mass is 9.91. The molecule has 56 heavy (non-hydrogen) atoms. The summed E-state index contributed by atoms with van der Waals surface area (Å²) in [5.41, 5.74) is 5.39. The molecule has 1 amide bonds. The lowest BCUT2D eigenvalue weighted by molar-refractivity contribution is -0.268. The third-order valence-corrected chi connectivity index (χ3v) is 12.1. The predicted octanol–water partition coefficient (Wildman–Crippen LogP) is 6.58. The highest BCUT2D eigenvalue weighted by atomic mass is 32.2. The SMILES string of the molecule is Cc1ccc(S(=O)(=O)N[C@H](Cc2ccccc2)C(=O)Nc2cccc([C@H]3O[C@@H](CSc4nnnn4-c4ccccc4)[C@@H](C)[C@@H](c4ccc(CO)cc4)O3)c2)cc1. The standard InChI is InChI=1S/C42H42N6O6S2/c1-28-16-22-36(23-17-28)56(51,52)45-37(24-30-10-5-3-6-11-30)40(50)43-34-13-9-12-33(25-34)41-53-38(29(2)39(54-41)32-20-18-31(26-49)19-21-32)27-55-42-44-46-47-48(42)35-14-7-4-8-15-35/h3-23,25,29,37-39,41,45,49H,24,26-27H2,1-2H3,(H,43,50)/t29-,37-,38+,39+,41+/m1/s1. The van der Waals surface area contributed by atoms with Crippen LogP contribution in [-0.4, -0.2) is 57.5 Å². The molecule has 0 aliphatic carbocycles. The Balaban J connectivity index is 1.13. The molecule has 0 saturated carbocycles. The average Bonchev–Trinajstić information content (AvgIpc) is 3.70. The smallest absolute Gasteiger partial charge is 0.242 e. The Labute approximate surface area is 330 Å². The number of ether oxygens (including phenoxy) is 2. The summed E-state index contributed by atoms with van der Waals surface area (Å²) in [7, 11) is -4.03. The van der Waals surface area contributed by atoms with Crippen molar-refractivity contribution >= 4 is 33.4 Å². The number of para-hydroxylation sites is 1. The Morgan fingerprint density at radius 3 is 2.29 bits per heavy atom. The average molecular weight is 791 g/mol. The molecule has 1 saturated heterocycles. The van der Waals surface area contributed by atoms with Crippen LogP contribution in [0.15, 0.2) is 144 Å². The minimum atomic E-state index is -4.03. The van der Waals surface area contributed by atoms with Gasteiger partial charge >= 0.3 is 0 Å². The van der Waals surface area contributed by atoms with Crippen molar-refractivity contribution in [1.82, 2.24) is 24.9 Å². The molecular weight excluding hydrogens is 749 g/mol. The first-order chi connectivity index (χ1) is 27.2. The molecule has 7 rings (SSSR count). The van der Waals surface area contributed by atoms with Crippen molar-refractivity contribution in [3.63, 3.8) is 0 Å². The molecule has 5 aromatic carbocycles. The molecule has 0 spiro atoms. The highest BCUT2D eigenvalue weighted by molar-refractivity contribution is 7.99. The third-order valence-electron chi connectivity index (χ3n) is 9.60. The number of hydrogen-bond donors (Lipinski definition) is 3. The van der Waals surface area contributed by atoms with Crippen LogP contribution in [0.5, 0.6) is 0 Å². The van der Waals surface area contributed by atoms with Crippen LogP contribution in [0.4, 0.5) is 5.69 Å². The van der Waals surface area contributed by atoms with Crippen LogP contribution >= 0.6 is 11.8 Å². The summed E-state index contributed by atoms with van der Waals surface area (Å²) >= 11 is 1.48. The van der Waals surface area contributed by atoms with Gasteiger partial charge in [-0.15, -0.1) is 5.10 Å². The van der Waals surface area contributed by atoms with Crippen molar-refractivity contribution in [2.24, 2.45) is 5.92 Å². The maximum atomic E-state index is 13.9. The highest BCUT2D eigenvalue weighted by Crippen LogP contribution is 2.43. The number of nitrogens with one attached hydrogen (secondary N) is 2. The molecule has 0 bridgehead atoms. The Hall–Kier alpha value is -5.22. The first-order valence-corrected chi connectivity index (χ1v) is 20.6. The molecule has 2 heterocycles. The van der Waals surface area contributed by atoms with Crippen molar-refractivity contribution in [3.8, 4) is 5.69 Å². The number of anilines is 1. The van der Waals surface area contributed by atoms with Crippen molar-refractivity contribution in [2.45, 2.75) is 61.5 Å². The fourth-order valence-electron chi connectivity index (χ4n) is 6.47. The van der Waals surface area contributed by atoms with Crippen LogP contribution < -0.4 is 10.0 Å². The van der Waals surface area contributed by atoms with Gasteiger partial charge in [0.2, 0.25) is 21.1 Å². The van der Waals surface area contributed by atoms with Crippen molar-refractivity contribution in [3.05, 3.63) is 161 Å². The molecule has 6 aromatic rings. The quantitative estimate of drug-likeness (QED) is 0.103. The second-order valence-electron chi connectivity index (χ2n) is 13.6. The normalized spacial score (nSPS) is 19.0. The maximum Gasteiger partial charge on any atom is 0.242 e. The largest absolute Gasteiger partial charge is 0.392 e. The number of benzene rings is 5. The van der Waals surface area contributed by atoms with Crippen LogP contribution in [0.25, 0.3) is 5.69 Å². The van der Waals surface area contributed by atoms with E-state index >= 15 is 0 Å². The minimum Gasteiger partial charge on any atom is -0.392 e. The number of aliphatic hydroxyl groups excluding tert-OH is 1. The zero-order chi connectivity index (χ0) is 39.1. The molecule has 14 heteroatoms. The number of rotatable bonds is 14. The number of tetrazole rings is 1. The molecule has 1 aromatic heterocycles. The van der Waals surface area contributed by atoms with E-state index in [1.807, 2.05) is 97.9 Å². The number of aromatic nitrogens is 4. The van der Waals surface area contributed by atoms with E-state index < -0.39 is 28.3 Å². The minimum absolute atomic E-state index is 0.0688. The van der Waals surface area contributed by atoms with Gasteiger partial charge in [0.15, 0.2) is 6.29 Å². The zero-order valence-electron chi connectivity index (χ0n) is 30.8. The summed E-state index contributed by atoms with van der Waals surface area (Å²) in [6.45, 7) is 3.88. The van der Waals surface area contributed by atoms with E-state index in [-0.39, 0.29) is 36.0 Å². The van der Waals surface area contributed by atoms with E-state index in [1.54, 1.807) is 35.0 Å². The molecule has 12 nitrogen and oxygen atoms in total. The molecule has 1 aliphatic rings. The monoisotopic (exact) mass is 790 g/mol. The number of thioether (sulfide) groups is 1. The summed E-state index contributed by atoms with van der Waals surface area (Å²) < 4.78 is 44.6. The second kappa shape index (κ2) is 17.7. The number of aliphatic hydroxyl groups is 1. The van der Waals surface area contributed by atoms with Gasteiger partial charge < -0.3 is 19.9 Å². The summed E-state index contributed by atoms with van der Waals surface area (Å²) in [4.78, 5) is 14.0. The number of nitrogens with zero attached hydrogens (tertiary/aromatic N) is 4. The lowest BCUT2D eigenvalue weighted by Gasteiger charge is -2.41. The van der Waals surface area contributed by atoms with Crippen LogP contribution in [0.1, 0.15) is 47.1 Å². The van der Waals surface area contributed by atoms with Crippen molar-refractivity contribution < 1.29 is 27.8 Å². The predicted molar refractivity (Wildman–Crippen MR) is 213 cm³/mol. The van der Waals surface area contributed by atoms with Gasteiger partial charge in [-0.05, 0) is 76.9 Å². The second-order valence-corrected chi connectivity index (χ2v) is 16.3. The number of aryl methyl sites for hydroxylation is 1. The van der Waals surface area contributed by atoms with E-state index in [0.717, 1.165) is 27.9 Å². The number of amides is 1. The first-order valence-electron chi connectivity index (χ1n) is 18.2. The first kappa shape index (κ1) is 39.0. The fourth-order valence-corrected chi connectivity index (χ4v) is 8.72.